The van der Waals surface area contributed by atoms with Crippen LogP contribution >= 0.6 is 0 Å². The summed E-state index contributed by atoms with van der Waals surface area (Å²) in [7, 11) is 7.63. The van der Waals surface area contributed by atoms with Gasteiger partial charge in [0, 0.05) is 43.9 Å². The van der Waals surface area contributed by atoms with E-state index in [1.165, 1.54) is 35.5 Å². The fraction of sp³-hybridized carbons (Fsp3) is 0.464. The Labute approximate surface area is 222 Å². The summed E-state index contributed by atoms with van der Waals surface area (Å²) in [5.41, 5.74) is 0.508. The highest BCUT2D eigenvalue weighted by Gasteiger charge is 2.24. The van der Waals surface area contributed by atoms with Crippen LogP contribution in [0.25, 0.3) is 22.3 Å². The van der Waals surface area contributed by atoms with Crippen LogP contribution in [0.1, 0.15) is 12.8 Å². The maximum atomic E-state index is 13.8. The zero-order valence-electron chi connectivity index (χ0n) is 22.7. The molecule has 1 aliphatic rings. The first kappa shape index (κ1) is 27.4. The second-order valence-corrected chi connectivity index (χ2v) is 8.85. The molecule has 0 spiro atoms. The third kappa shape index (κ3) is 5.76. The summed E-state index contributed by atoms with van der Waals surface area (Å²) in [6, 6.07) is 6.74. The number of methoxy groups -OCH3 is 5. The maximum absolute atomic E-state index is 13.8. The first-order chi connectivity index (χ1) is 18.5. The molecule has 10 heteroatoms. The Bertz CT molecular complexity index is 1280. The topological polar surface area (TPSA) is 101 Å². The van der Waals surface area contributed by atoms with Gasteiger partial charge in [-0.1, -0.05) is 0 Å². The monoisotopic (exact) mass is 528 g/mol. The van der Waals surface area contributed by atoms with E-state index in [-0.39, 0.29) is 22.3 Å². The molecule has 0 radical (unpaired) electrons. The van der Waals surface area contributed by atoms with E-state index in [4.69, 9.17) is 32.8 Å². The van der Waals surface area contributed by atoms with Crippen LogP contribution in [0.2, 0.25) is 0 Å². The van der Waals surface area contributed by atoms with Crippen LogP contribution in [0.5, 0.6) is 34.5 Å². The predicted molar refractivity (Wildman–Crippen MR) is 145 cm³/mol. The molecular weight excluding hydrogens is 492 g/mol. The van der Waals surface area contributed by atoms with Crippen LogP contribution in [0.3, 0.4) is 0 Å². The molecule has 1 fully saturated rings. The molecular formula is C28H36N2O8. The number of hydrogen-bond acceptors (Lipinski definition) is 10. The molecule has 1 N–H and O–H groups in total. The Morgan fingerprint density at radius 1 is 0.816 bits per heavy atom. The van der Waals surface area contributed by atoms with E-state index in [9.17, 15) is 4.79 Å². The van der Waals surface area contributed by atoms with E-state index < -0.39 is 0 Å². The van der Waals surface area contributed by atoms with Gasteiger partial charge in [0.2, 0.25) is 16.9 Å². The molecule has 0 atom stereocenters. The lowest BCUT2D eigenvalue weighted by atomic mass is 10.1. The predicted octanol–water partition coefficient (Wildman–Crippen LogP) is 3.57. The molecule has 206 valence electrons. The average molecular weight is 529 g/mol. The van der Waals surface area contributed by atoms with Gasteiger partial charge in [-0.25, -0.2) is 0 Å². The molecule has 2 aromatic carbocycles. The Balaban J connectivity index is 1.75. The summed E-state index contributed by atoms with van der Waals surface area (Å²) >= 11 is 0. The van der Waals surface area contributed by atoms with Crippen molar-refractivity contribution in [2.45, 2.75) is 12.8 Å². The Kier molecular flexibility index (Phi) is 9.19. The van der Waals surface area contributed by atoms with E-state index >= 15 is 0 Å². The quantitative estimate of drug-likeness (QED) is 0.351. The van der Waals surface area contributed by atoms with Crippen LogP contribution < -0.4 is 39.2 Å². The summed E-state index contributed by atoms with van der Waals surface area (Å²) in [5, 5.41) is 3.64. The lowest BCUT2D eigenvalue weighted by Gasteiger charge is -2.27. The van der Waals surface area contributed by atoms with Crippen molar-refractivity contribution in [1.82, 2.24) is 10.2 Å². The maximum Gasteiger partial charge on any atom is 0.239 e. The molecule has 0 saturated carbocycles. The average Bonchev–Trinajstić information content (AvgIpc) is 2.96. The van der Waals surface area contributed by atoms with Gasteiger partial charge < -0.3 is 43.1 Å². The molecule has 10 nitrogen and oxygen atoms in total. The smallest absolute Gasteiger partial charge is 0.239 e. The third-order valence-corrected chi connectivity index (χ3v) is 6.60. The summed E-state index contributed by atoms with van der Waals surface area (Å²) < 4.78 is 39.9. The zero-order valence-corrected chi connectivity index (χ0v) is 22.7. The van der Waals surface area contributed by atoms with Crippen molar-refractivity contribution < 1.29 is 32.8 Å². The van der Waals surface area contributed by atoms with Gasteiger partial charge in [0.25, 0.3) is 0 Å². The van der Waals surface area contributed by atoms with Crippen molar-refractivity contribution in [2.24, 2.45) is 0 Å². The number of rotatable bonds is 12. The lowest BCUT2D eigenvalue weighted by Crippen LogP contribution is -2.43. The van der Waals surface area contributed by atoms with Gasteiger partial charge in [-0.15, -0.1) is 0 Å². The first-order valence-electron chi connectivity index (χ1n) is 12.6. The van der Waals surface area contributed by atoms with Crippen molar-refractivity contribution in [3.8, 4) is 45.8 Å². The Hall–Kier alpha value is -3.63. The van der Waals surface area contributed by atoms with E-state index in [1.807, 2.05) is 0 Å². The van der Waals surface area contributed by atoms with E-state index in [2.05, 4.69) is 10.2 Å². The van der Waals surface area contributed by atoms with E-state index in [1.54, 1.807) is 24.3 Å². The fourth-order valence-electron chi connectivity index (χ4n) is 4.60. The lowest BCUT2D eigenvalue weighted by molar-refractivity contribution is 0.225. The van der Waals surface area contributed by atoms with Gasteiger partial charge >= 0.3 is 0 Å². The number of hydrogen-bond donors (Lipinski definition) is 1. The highest BCUT2D eigenvalue weighted by molar-refractivity contribution is 5.89. The van der Waals surface area contributed by atoms with Gasteiger partial charge in [-0.3, -0.25) is 4.79 Å². The number of nitrogens with zero attached hydrogens (tertiary/aromatic N) is 1. The molecule has 0 aliphatic carbocycles. The number of ether oxygens (including phenoxy) is 6. The number of piperazine rings is 1. The second kappa shape index (κ2) is 12.7. The van der Waals surface area contributed by atoms with Gasteiger partial charge in [-0.2, -0.15) is 0 Å². The molecule has 1 aromatic heterocycles. The van der Waals surface area contributed by atoms with E-state index in [0.717, 1.165) is 45.6 Å². The molecule has 4 rings (SSSR count). The van der Waals surface area contributed by atoms with Crippen LogP contribution in [0.15, 0.2) is 33.5 Å². The molecule has 2 heterocycles. The molecule has 0 bridgehead atoms. The van der Waals surface area contributed by atoms with Crippen molar-refractivity contribution in [2.75, 3.05) is 74.9 Å². The van der Waals surface area contributed by atoms with Crippen molar-refractivity contribution in [1.29, 1.82) is 0 Å². The Morgan fingerprint density at radius 2 is 1.50 bits per heavy atom. The zero-order chi connectivity index (χ0) is 27.1. The normalized spacial score (nSPS) is 13.8. The number of unbranched alkanes of at least 4 members (excludes halogenated alkanes) is 1. The summed E-state index contributed by atoms with van der Waals surface area (Å²) in [5.74, 6) is 2.46. The molecule has 0 unspecified atom stereocenters. The van der Waals surface area contributed by atoms with Crippen LogP contribution in [-0.4, -0.2) is 79.8 Å². The van der Waals surface area contributed by atoms with Crippen molar-refractivity contribution >= 4 is 11.0 Å². The minimum Gasteiger partial charge on any atom is -0.496 e. The molecule has 38 heavy (non-hydrogen) atoms. The molecule has 1 saturated heterocycles. The fourth-order valence-corrected chi connectivity index (χ4v) is 4.60. The summed E-state index contributed by atoms with van der Waals surface area (Å²) in [6.07, 6.45) is 1.74. The SMILES string of the molecule is COc1cc(OC)c2c(=O)c(OCCCCN3CCNCC3)c(-c3cc(OC)c(OC)c(OC)c3)oc2c1. The molecule has 0 amide bonds. The molecule has 3 aromatic rings. The summed E-state index contributed by atoms with van der Waals surface area (Å²) in [6.45, 7) is 5.47. The summed E-state index contributed by atoms with van der Waals surface area (Å²) in [4.78, 5) is 16.3. The van der Waals surface area contributed by atoms with Gasteiger partial charge in [0.05, 0.1) is 42.2 Å². The first-order valence-corrected chi connectivity index (χ1v) is 12.6. The highest BCUT2D eigenvalue weighted by atomic mass is 16.5. The van der Waals surface area contributed by atoms with Gasteiger partial charge in [0.15, 0.2) is 17.3 Å². The van der Waals surface area contributed by atoms with Crippen molar-refractivity contribution in [3.05, 3.63) is 34.5 Å². The third-order valence-electron chi connectivity index (χ3n) is 6.60. The largest absolute Gasteiger partial charge is 0.496 e. The Morgan fingerprint density at radius 3 is 2.11 bits per heavy atom. The number of benzene rings is 2. The van der Waals surface area contributed by atoms with Gasteiger partial charge in [0.1, 0.15) is 22.5 Å². The minimum atomic E-state index is -0.336. The molecule has 1 aliphatic heterocycles. The number of fused-ring (bicyclic) bond motifs is 1. The van der Waals surface area contributed by atoms with Crippen LogP contribution in [0, 0.1) is 0 Å². The highest BCUT2D eigenvalue weighted by Crippen LogP contribution is 2.44. The van der Waals surface area contributed by atoms with Gasteiger partial charge in [-0.05, 0) is 31.5 Å². The second-order valence-electron chi connectivity index (χ2n) is 8.85. The van der Waals surface area contributed by atoms with E-state index in [0.29, 0.717) is 46.5 Å². The number of nitrogens with one attached hydrogen (secondary N) is 1. The van der Waals surface area contributed by atoms with Crippen molar-refractivity contribution in [3.63, 3.8) is 0 Å². The van der Waals surface area contributed by atoms with Crippen LogP contribution in [-0.2, 0) is 0 Å². The van der Waals surface area contributed by atoms with Crippen LogP contribution in [0.4, 0.5) is 0 Å². The standard InChI is InChI=1S/C28H36N2O8/c1-32-19-16-20(33-2)24-21(17-19)38-26(18-14-22(34-3)27(36-5)23(15-18)35-4)28(25(24)31)37-13-7-6-10-30-11-8-29-9-12-30/h14-17,29H,6-13H2,1-5H3. The minimum absolute atomic E-state index is 0.0948.